The summed E-state index contributed by atoms with van der Waals surface area (Å²) < 4.78 is 0. The fourth-order valence-electron chi connectivity index (χ4n) is 2.58. The third-order valence-corrected chi connectivity index (χ3v) is 4.99. The van der Waals surface area contributed by atoms with Gasteiger partial charge in [-0.1, -0.05) is 0 Å². The van der Waals surface area contributed by atoms with Gasteiger partial charge in [-0.3, -0.25) is 0 Å². The van der Waals surface area contributed by atoms with Crippen LogP contribution in [0.4, 0.5) is 4.79 Å². The first-order valence-electron chi connectivity index (χ1n) is 7.85. The highest BCUT2D eigenvalue weighted by atomic mass is 32.1. The number of likely N-dealkylation sites (N-methyl/N-ethyl adjacent to an activating group) is 1. The van der Waals surface area contributed by atoms with Gasteiger partial charge >= 0.3 is 6.03 Å². The van der Waals surface area contributed by atoms with Crippen LogP contribution in [0.2, 0.25) is 0 Å². The fraction of sp³-hybridized carbons (Fsp3) is 0.733. The first-order valence-corrected chi connectivity index (χ1v) is 8.67. The van der Waals surface area contributed by atoms with Gasteiger partial charge < -0.3 is 15.3 Å². The predicted octanol–water partition coefficient (Wildman–Crippen LogP) is 1.98. The number of aromatic nitrogens is 1. The van der Waals surface area contributed by atoms with Gasteiger partial charge in [0, 0.05) is 30.9 Å². The number of thiazole rings is 1. The Bertz CT molecular complexity index is 438. The van der Waals surface area contributed by atoms with Crippen molar-refractivity contribution in [2.75, 3.05) is 26.2 Å². The second-order valence-corrected chi connectivity index (χ2v) is 6.49. The molecule has 21 heavy (non-hydrogen) atoms. The number of carbonyl (C=O) groups excluding carboxylic acids is 1. The van der Waals surface area contributed by atoms with E-state index in [2.05, 4.69) is 5.32 Å². The van der Waals surface area contributed by atoms with Crippen LogP contribution in [-0.2, 0) is 19.3 Å². The lowest BCUT2D eigenvalue weighted by molar-refractivity contribution is 0.180. The van der Waals surface area contributed by atoms with Crippen molar-refractivity contribution in [1.82, 2.24) is 15.2 Å². The van der Waals surface area contributed by atoms with Crippen molar-refractivity contribution < 1.29 is 9.90 Å². The zero-order valence-electron chi connectivity index (χ0n) is 12.7. The normalized spacial score (nSPS) is 13.8. The van der Waals surface area contributed by atoms with E-state index in [1.807, 2.05) is 18.3 Å². The van der Waals surface area contributed by atoms with Gasteiger partial charge in [0.2, 0.25) is 0 Å². The SMILES string of the molecule is CCN(CCO)C(=O)NCCCc1nc2c(s1)CCCC2. The lowest BCUT2D eigenvalue weighted by atomic mass is 10.0. The third-order valence-electron chi connectivity index (χ3n) is 3.77. The molecule has 1 aliphatic carbocycles. The molecule has 2 N–H and O–H groups in total. The highest BCUT2D eigenvalue weighted by Gasteiger charge is 2.15. The lowest BCUT2D eigenvalue weighted by Gasteiger charge is -2.20. The zero-order chi connectivity index (χ0) is 15.1. The molecule has 1 aliphatic rings. The monoisotopic (exact) mass is 311 g/mol. The number of urea groups is 1. The molecule has 1 heterocycles. The molecule has 0 saturated carbocycles. The van der Waals surface area contributed by atoms with Crippen LogP contribution in [0.25, 0.3) is 0 Å². The van der Waals surface area contributed by atoms with E-state index in [1.54, 1.807) is 4.90 Å². The van der Waals surface area contributed by atoms with Crippen LogP contribution in [0, 0.1) is 0 Å². The Morgan fingerprint density at radius 2 is 2.24 bits per heavy atom. The fourth-order valence-corrected chi connectivity index (χ4v) is 3.78. The molecule has 0 atom stereocenters. The standard InChI is InChI=1S/C15H25N3O2S/c1-2-18(10-11-19)15(20)16-9-5-8-14-17-12-6-3-4-7-13(12)21-14/h19H,2-11H2,1H3,(H,16,20). The predicted molar refractivity (Wildman–Crippen MR) is 84.8 cm³/mol. The van der Waals surface area contributed by atoms with Crippen LogP contribution < -0.4 is 5.32 Å². The molecule has 1 aromatic rings. The highest BCUT2D eigenvalue weighted by molar-refractivity contribution is 7.11. The molecule has 0 saturated heterocycles. The van der Waals surface area contributed by atoms with Crippen LogP contribution in [0.15, 0.2) is 0 Å². The number of hydrogen-bond acceptors (Lipinski definition) is 4. The van der Waals surface area contributed by atoms with Gasteiger partial charge in [-0.05, 0) is 39.0 Å². The number of aryl methyl sites for hydroxylation is 3. The molecule has 5 nitrogen and oxygen atoms in total. The number of nitrogens with one attached hydrogen (secondary N) is 1. The van der Waals surface area contributed by atoms with Crippen LogP contribution in [0.3, 0.4) is 0 Å². The second kappa shape index (κ2) is 8.34. The molecule has 0 spiro atoms. The van der Waals surface area contributed by atoms with E-state index in [0.717, 1.165) is 19.3 Å². The Morgan fingerprint density at radius 3 is 2.95 bits per heavy atom. The third kappa shape index (κ3) is 4.68. The van der Waals surface area contributed by atoms with E-state index in [4.69, 9.17) is 10.1 Å². The first-order chi connectivity index (χ1) is 10.2. The van der Waals surface area contributed by atoms with E-state index in [0.29, 0.717) is 19.6 Å². The number of amides is 2. The van der Waals surface area contributed by atoms with Crippen LogP contribution in [0.5, 0.6) is 0 Å². The molecule has 0 radical (unpaired) electrons. The van der Waals surface area contributed by atoms with E-state index in [-0.39, 0.29) is 12.6 Å². The van der Waals surface area contributed by atoms with Gasteiger partial charge in [0.1, 0.15) is 0 Å². The van der Waals surface area contributed by atoms with Gasteiger partial charge in [-0.2, -0.15) is 0 Å². The van der Waals surface area contributed by atoms with Gasteiger partial charge in [0.25, 0.3) is 0 Å². The molecule has 2 amide bonds. The number of nitrogens with zero attached hydrogens (tertiary/aromatic N) is 2. The summed E-state index contributed by atoms with van der Waals surface area (Å²) in [6, 6.07) is -0.0926. The molecule has 0 bridgehead atoms. The molecular weight excluding hydrogens is 286 g/mol. The van der Waals surface area contributed by atoms with Gasteiger partial charge in [-0.25, -0.2) is 9.78 Å². The average Bonchev–Trinajstić information content (AvgIpc) is 2.91. The largest absolute Gasteiger partial charge is 0.395 e. The van der Waals surface area contributed by atoms with E-state index in [1.165, 1.54) is 34.8 Å². The molecule has 1 aromatic heterocycles. The van der Waals surface area contributed by atoms with Crippen molar-refractivity contribution in [3.05, 3.63) is 15.6 Å². The maximum absolute atomic E-state index is 11.8. The summed E-state index contributed by atoms with van der Waals surface area (Å²) in [5.41, 5.74) is 1.31. The topological polar surface area (TPSA) is 65.5 Å². The van der Waals surface area contributed by atoms with Crippen LogP contribution >= 0.6 is 11.3 Å². The summed E-state index contributed by atoms with van der Waals surface area (Å²) in [6.45, 7) is 3.58. The number of rotatable bonds is 7. The minimum absolute atomic E-state index is 0.00588. The second-order valence-electron chi connectivity index (χ2n) is 5.32. The summed E-state index contributed by atoms with van der Waals surface area (Å²) in [4.78, 5) is 19.6. The number of hydrogen-bond donors (Lipinski definition) is 2. The van der Waals surface area contributed by atoms with E-state index in [9.17, 15) is 4.79 Å². The van der Waals surface area contributed by atoms with E-state index >= 15 is 0 Å². The lowest BCUT2D eigenvalue weighted by Crippen LogP contribution is -2.41. The van der Waals surface area contributed by atoms with Crippen molar-refractivity contribution >= 4 is 17.4 Å². The maximum Gasteiger partial charge on any atom is 0.317 e. The molecule has 0 aliphatic heterocycles. The maximum atomic E-state index is 11.8. The van der Waals surface area contributed by atoms with Crippen molar-refractivity contribution in [2.45, 2.75) is 45.4 Å². The Balaban J connectivity index is 1.69. The van der Waals surface area contributed by atoms with Crippen molar-refractivity contribution in [2.24, 2.45) is 0 Å². The minimum Gasteiger partial charge on any atom is -0.395 e. The first kappa shape index (κ1) is 16.2. The Kier molecular flexibility index (Phi) is 6.45. The Labute approximate surface area is 130 Å². The highest BCUT2D eigenvalue weighted by Crippen LogP contribution is 2.27. The Morgan fingerprint density at radius 1 is 1.43 bits per heavy atom. The van der Waals surface area contributed by atoms with Crippen LogP contribution in [-0.4, -0.2) is 47.3 Å². The molecular formula is C15H25N3O2S. The number of aliphatic hydroxyl groups is 1. The van der Waals surface area contributed by atoms with Gasteiger partial charge in [0.05, 0.1) is 17.3 Å². The van der Waals surface area contributed by atoms with Gasteiger partial charge in [0.15, 0.2) is 0 Å². The quantitative estimate of drug-likeness (QED) is 0.757. The average molecular weight is 311 g/mol. The van der Waals surface area contributed by atoms with E-state index < -0.39 is 0 Å². The zero-order valence-corrected chi connectivity index (χ0v) is 13.5. The number of aliphatic hydroxyl groups excluding tert-OH is 1. The molecule has 2 rings (SSSR count). The van der Waals surface area contributed by atoms with Crippen molar-refractivity contribution in [1.29, 1.82) is 0 Å². The molecule has 0 unspecified atom stereocenters. The molecule has 6 heteroatoms. The van der Waals surface area contributed by atoms with Crippen molar-refractivity contribution in [3.8, 4) is 0 Å². The molecule has 0 fully saturated rings. The number of fused-ring (bicyclic) bond motifs is 1. The summed E-state index contributed by atoms with van der Waals surface area (Å²) in [6.07, 6.45) is 6.73. The number of carbonyl (C=O) groups is 1. The summed E-state index contributed by atoms with van der Waals surface area (Å²) in [7, 11) is 0. The van der Waals surface area contributed by atoms with Crippen LogP contribution in [0.1, 0.15) is 41.8 Å². The van der Waals surface area contributed by atoms with Crippen molar-refractivity contribution in [3.63, 3.8) is 0 Å². The van der Waals surface area contributed by atoms with Gasteiger partial charge in [-0.15, -0.1) is 11.3 Å². The smallest absolute Gasteiger partial charge is 0.317 e. The Hall–Kier alpha value is -1.14. The summed E-state index contributed by atoms with van der Waals surface area (Å²) >= 11 is 1.85. The minimum atomic E-state index is -0.0926. The summed E-state index contributed by atoms with van der Waals surface area (Å²) in [5.74, 6) is 0. The molecule has 0 aromatic carbocycles. The summed E-state index contributed by atoms with van der Waals surface area (Å²) in [5, 5.41) is 13.0. The molecule has 118 valence electrons.